The van der Waals surface area contributed by atoms with E-state index in [2.05, 4.69) is 9.97 Å². The van der Waals surface area contributed by atoms with E-state index >= 15 is 0 Å². The topological polar surface area (TPSA) is 69.5 Å². The Labute approximate surface area is 158 Å². The molecule has 136 valence electrons. The first-order chi connectivity index (χ1) is 13.0. The van der Waals surface area contributed by atoms with Crippen molar-refractivity contribution in [2.45, 2.75) is 24.3 Å². The number of thioether (sulfide) groups is 1. The van der Waals surface area contributed by atoms with Gasteiger partial charge >= 0.3 is 0 Å². The summed E-state index contributed by atoms with van der Waals surface area (Å²) in [6, 6.07) is 13.8. The van der Waals surface area contributed by atoms with E-state index in [-0.39, 0.29) is 16.9 Å². The average Bonchev–Trinajstić information content (AvgIpc) is 2.65. The Balaban J connectivity index is 1.86. The monoisotopic (exact) mass is 383 g/mol. The minimum absolute atomic E-state index is 0.0289. The molecule has 0 aliphatic carbocycles. The first kappa shape index (κ1) is 18.8. The minimum atomic E-state index is -0.614. The Morgan fingerprint density at radius 3 is 2.44 bits per heavy atom. The van der Waals surface area contributed by atoms with E-state index in [1.54, 1.807) is 0 Å². The fraction of sp³-hybridized carbons (Fsp3) is 0.150. The average molecular weight is 383 g/mol. The summed E-state index contributed by atoms with van der Waals surface area (Å²) in [5.41, 5.74) is 1.15. The van der Waals surface area contributed by atoms with Gasteiger partial charge in [-0.05, 0) is 30.2 Å². The molecule has 3 aromatic rings. The van der Waals surface area contributed by atoms with Crippen LogP contribution in [0.1, 0.15) is 27.9 Å². The van der Waals surface area contributed by atoms with Gasteiger partial charge in [-0.25, -0.2) is 13.8 Å². The number of nitrogens with zero attached hydrogens (tertiary/aromatic N) is 2. The molecule has 0 aliphatic heterocycles. The summed E-state index contributed by atoms with van der Waals surface area (Å²) in [6.45, 7) is 1.37. The lowest BCUT2D eigenvalue weighted by Gasteiger charge is -2.08. The van der Waals surface area contributed by atoms with Gasteiger partial charge in [-0.2, -0.15) is 5.26 Å². The molecule has 0 bridgehead atoms. The van der Waals surface area contributed by atoms with Crippen molar-refractivity contribution in [1.82, 2.24) is 9.97 Å². The molecule has 0 unspecified atom stereocenters. The van der Waals surface area contributed by atoms with Gasteiger partial charge < -0.3 is 4.98 Å². The molecule has 1 aromatic heterocycles. The van der Waals surface area contributed by atoms with Crippen LogP contribution in [0.4, 0.5) is 8.78 Å². The summed E-state index contributed by atoms with van der Waals surface area (Å²) in [7, 11) is 0. The molecule has 4 nitrogen and oxygen atoms in total. The molecule has 0 amide bonds. The summed E-state index contributed by atoms with van der Waals surface area (Å²) in [4.78, 5) is 19.1. The highest BCUT2D eigenvalue weighted by molar-refractivity contribution is 7.98. The van der Waals surface area contributed by atoms with E-state index in [9.17, 15) is 18.8 Å². The molecule has 0 saturated carbocycles. The van der Waals surface area contributed by atoms with Crippen LogP contribution in [0.2, 0.25) is 0 Å². The molecule has 0 spiro atoms. The van der Waals surface area contributed by atoms with Crippen LogP contribution in [0.3, 0.4) is 0 Å². The van der Waals surface area contributed by atoms with E-state index in [1.165, 1.54) is 19.1 Å². The molecule has 0 fully saturated rings. The van der Waals surface area contributed by atoms with Gasteiger partial charge in [-0.3, -0.25) is 4.79 Å². The molecule has 2 aromatic carbocycles. The zero-order chi connectivity index (χ0) is 19.4. The van der Waals surface area contributed by atoms with E-state index in [1.807, 2.05) is 36.4 Å². The lowest BCUT2D eigenvalue weighted by Crippen LogP contribution is -2.17. The number of hydrogen-bond donors (Lipinski definition) is 1. The van der Waals surface area contributed by atoms with Crippen LogP contribution in [0.5, 0.6) is 0 Å². The number of rotatable bonds is 5. The Kier molecular flexibility index (Phi) is 5.67. The number of benzene rings is 2. The van der Waals surface area contributed by atoms with Crippen LogP contribution >= 0.6 is 11.8 Å². The van der Waals surface area contributed by atoms with Crippen LogP contribution in [-0.2, 0) is 12.2 Å². The van der Waals surface area contributed by atoms with Gasteiger partial charge in [-0.15, -0.1) is 0 Å². The normalized spacial score (nSPS) is 10.6. The molecule has 0 aliphatic rings. The largest absolute Gasteiger partial charge is 0.300 e. The third-order valence-corrected chi connectivity index (χ3v) is 4.96. The second-order valence-electron chi connectivity index (χ2n) is 5.94. The van der Waals surface area contributed by atoms with Crippen molar-refractivity contribution in [3.8, 4) is 6.07 Å². The van der Waals surface area contributed by atoms with Gasteiger partial charge in [0.15, 0.2) is 5.16 Å². The standard InChI is InChI=1S/C20H15F2N3OS/c1-12-16(21)7-14(8-17(12)22)11-27-20-24-18(15(10-23)19(26)25-20)9-13-5-3-2-4-6-13/h2-8H,9,11H2,1H3,(H,24,25,26). The van der Waals surface area contributed by atoms with Crippen LogP contribution in [-0.4, -0.2) is 9.97 Å². The predicted molar refractivity (Wildman–Crippen MR) is 99.5 cm³/mol. The maximum absolute atomic E-state index is 13.7. The van der Waals surface area contributed by atoms with Crippen molar-refractivity contribution < 1.29 is 8.78 Å². The third-order valence-electron chi connectivity index (χ3n) is 4.02. The van der Waals surface area contributed by atoms with Crippen molar-refractivity contribution in [2.75, 3.05) is 0 Å². The fourth-order valence-corrected chi connectivity index (χ4v) is 3.34. The van der Waals surface area contributed by atoms with E-state index in [4.69, 9.17) is 0 Å². The fourth-order valence-electron chi connectivity index (χ4n) is 2.53. The molecule has 1 N–H and O–H groups in total. The summed E-state index contributed by atoms with van der Waals surface area (Å²) in [5, 5.41) is 9.56. The Hall–Kier alpha value is -2.98. The summed E-state index contributed by atoms with van der Waals surface area (Å²) in [6.07, 6.45) is 0.342. The molecule has 0 saturated heterocycles. The number of aromatic amines is 1. The van der Waals surface area contributed by atoms with Gasteiger partial charge in [0.05, 0.1) is 5.69 Å². The molecule has 0 radical (unpaired) electrons. The zero-order valence-electron chi connectivity index (χ0n) is 14.4. The summed E-state index contributed by atoms with van der Waals surface area (Å²) < 4.78 is 27.4. The Morgan fingerprint density at radius 2 is 1.81 bits per heavy atom. The van der Waals surface area contributed by atoms with Gasteiger partial charge in [0, 0.05) is 17.7 Å². The Bertz CT molecular complexity index is 1050. The molecule has 3 rings (SSSR count). The van der Waals surface area contributed by atoms with Crippen molar-refractivity contribution in [3.05, 3.63) is 92.4 Å². The molecule has 7 heteroatoms. The van der Waals surface area contributed by atoms with Crippen LogP contribution in [0.15, 0.2) is 52.4 Å². The highest BCUT2D eigenvalue weighted by Gasteiger charge is 2.13. The third kappa shape index (κ3) is 4.41. The first-order valence-corrected chi connectivity index (χ1v) is 9.11. The number of aromatic nitrogens is 2. The summed E-state index contributed by atoms with van der Waals surface area (Å²) >= 11 is 1.15. The van der Waals surface area contributed by atoms with Crippen LogP contribution in [0, 0.1) is 29.9 Å². The number of nitrogens with one attached hydrogen (secondary N) is 1. The molecule has 0 atom stereocenters. The van der Waals surface area contributed by atoms with E-state index < -0.39 is 17.2 Å². The minimum Gasteiger partial charge on any atom is -0.300 e. The molecule has 1 heterocycles. The van der Waals surface area contributed by atoms with Crippen LogP contribution < -0.4 is 5.56 Å². The number of halogens is 2. The molecular weight excluding hydrogens is 368 g/mol. The van der Waals surface area contributed by atoms with Crippen molar-refractivity contribution in [1.29, 1.82) is 5.26 Å². The Morgan fingerprint density at radius 1 is 1.15 bits per heavy atom. The molecular formula is C20H15F2N3OS. The number of H-pyrrole nitrogens is 1. The van der Waals surface area contributed by atoms with Gasteiger partial charge in [0.1, 0.15) is 23.3 Å². The maximum Gasteiger partial charge on any atom is 0.269 e. The molecule has 27 heavy (non-hydrogen) atoms. The van der Waals surface area contributed by atoms with Crippen molar-refractivity contribution >= 4 is 11.8 Å². The SMILES string of the molecule is Cc1c(F)cc(CSc2nc(Cc3ccccc3)c(C#N)c(=O)[nH]2)cc1F. The first-order valence-electron chi connectivity index (χ1n) is 8.12. The zero-order valence-corrected chi connectivity index (χ0v) is 15.2. The van der Waals surface area contributed by atoms with Gasteiger partial charge in [0.2, 0.25) is 0 Å². The maximum atomic E-state index is 13.7. The van der Waals surface area contributed by atoms with E-state index in [0.717, 1.165) is 17.3 Å². The highest BCUT2D eigenvalue weighted by atomic mass is 32.2. The summed E-state index contributed by atoms with van der Waals surface area (Å²) in [5.74, 6) is -0.999. The van der Waals surface area contributed by atoms with Gasteiger partial charge in [-0.1, -0.05) is 42.1 Å². The van der Waals surface area contributed by atoms with Crippen molar-refractivity contribution in [3.63, 3.8) is 0 Å². The quantitative estimate of drug-likeness (QED) is 0.532. The lowest BCUT2D eigenvalue weighted by atomic mass is 10.1. The number of nitriles is 1. The van der Waals surface area contributed by atoms with Gasteiger partial charge in [0.25, 0.3) is 5.56 Å². The lowest BCUT2D eigenvalue weighted by molar-refractivity contribution is 0.566. The van der Waals surface area contributed by atoms with E-state index in [0.29, 0.717) is 22.8 Å². The second kappa shape index (κ2) is 8.14. The number of hydrogen-bond acceptors (Lipinski definition) is 4. The second-order valence-corrected chi connectivity index (χ2v) is 6.90. The van der Waals surface area contributed by atoms with Crippen molar-refractivity contribution in [2.24, 2.45) is 0 Å². The predicted octanol–water partition coefficient (Wildman–Crippen LogP) is 4.11. The highest BCUT2D eigenvalue weighted by Crippen LogP contribution is 2.23. The smallest absolute Gasteiger partial charge is 0.269 e. The van der Waals surface area contributed by atoms with Crippen LogP contribution in [0.25, 0.3) is 0 Å².